The zero-order chi connectivity index (χ0) is 20.1. The Labute approximate surface area is 165 Å². The number of amides is 1. The highest BCUT2D eigenvalue weighted by atomic mass is 16.5. The van der Waals surface area contributed by atoms with Crippen LogP contribution in [0.3, 0.4) is 0 Å². The van der Waals surface area contributed by atoms with Crippen LogP contribution < -0.4 is 11.1 Å². The first-order valence-corrected chi connectivity index (χ1v) is 9.79. The van der Waals surface area contributed by atoms with E-state index in [4.69, 9.17) is 10.5 Å². The van der Waals surface area contributed by atoms with Gasteiger partial charge in [0.25, 0.3) is 5.91 Å². The summed E-state index contributed by atoms with van der Waals surface area (Å²) in [5, 5.41) is 3.32. The highest BCUT2D eigenvalue weighted by molar-refractivity contribution is 6.01. The van der Waals surface area contributed by atoms with Gasteiger partial charge in [0.05, 0.1) is 11.3 Å². The average Bonchev–Trinajstić information content (AvgIpc) is 3.21. The third kappa shape index (κ3) is 3.33. The molecule has 0 radical (unpaired) electrons. The van der Waals surface area contributed by atoms with E-state index in [1.807, 2.05) is 29.9 Å². The predicted octanol–water partition coefficient (Wildman–Crippen LogP) is 3.49. The van der Waals surface area contributed by atoms with Crippen molar-refractivity contribution in [1.82, 2.24) is 4.57 Å². The Bertz CT molecular complexity index is 952. The van der Waals surface area contributed by atoms with Gasteiger partial charge in [-0.2, -0.15) is 0 Å². The fourth-order valence-electron chi connectivity index (χ4n) is 4.44. The molecule has 1 aromatic carbocycles. The molecule has 2 heterocycles. The lowest BCUT2D eigenvalue weighted by molar-refractivity contribution is 0.0902. The number of primary amides is 1. The van der Waals surface area contributed by atoms with Gasteiger partial charge in [0.15, 0.2) is 5.78 Å². The van der Waals surface area contributed by atoms with Crippen LogP contribution in [0.25, 0.3) is 11.1 Å². The first-order chi connectivity index (χ1) is 13.2. The van der Waals surface area contributed by atoms with Crippen LogP contribution in [0, 0.1) is 5.41 Å². The summed E-state index contributed by atoms with van der Waals surface area (Å²) >= 11 is 0. The van der Waals surface area contributed by atoms with E-state index in [9.17, 15) is 9.59 Å². The van der Waals surface area contributed by atoms with Gasteiger partial charge in [0.2, 0.25) is 0 Å². The summed E-state index contributed by atoms with van der Waals surface area (Å²) in [5.41, 5.74) is 10.5. The highest BCUT2D eigenvalue weighted by Crippen LogP contribution is 2.41. The van der Waals surface area contributed by atoms with E-state index in [-0.39, 0.29) is 17.4 Å². The molecule has 2 aliphatic rings. The molecule has 1 aliphatic carbocycles. The number of hydrogen-bond donors (Lipinski definition) is 2. The van der Waals surface area contributed by atoms with Crippen molar-refractivity contribution in [2.45, 2.75) is 45.8 Å². The van der Waals surface area contributed by atoms with Gasteiger partial charge in [-0.1, -0.05) is 19.9 Å². The maximum atomic E-state index is 12.7. The summed E-state index contributed by atoms with van der Waals surface area (Å²) in [4.78, 5) is 24.6. The first-order valence-electron chi connectivity index (χ1n) is 9.79. The zero-order valence-electron chi connectivity index (χ0n) is 16.7. The molecule has 3 N–H and O–H groups in total. The molecular formula is C22H27N3O3. The molecular weight excluding hydrogens is 354 g/mol. The number of nitrogens with zero attached hydrogens (tertiary/aromatic N) is 1. The lowest BCUT2D eigenvalue weighted by Gasteiger charge is -2.29. The van der Waals surface area contributed by atoms with Crippen molar-refractivity contribution in [2.24, 2.45) is 18.2 Å². The number of ether oxygens (including phenoxy) is 1. The summed E-state index contributed by atoms with van der Waals surface area (Å²) in [6.07, 6.45) is 5.19. The summed E-state index contributed by atoms with van der Waals surface area (Å²) in [6.45, 7) is 4.98. The minimum Gasteiger partial charge on any atom is -0.366 e. The van der Waals surface area contributed by atoms with Gasteiger partial charge in [-0.3, -0.25) is 9.59 Å². The number of fused-ring (bicyclic) bond motifs is 1. The molecule has 0 bridgehead atoms. The van der Waals surface area contributed by atoms with Crippen molar-refractivity contribution in [3.05, 3.63) is 41.2 Å². The molecule has 6 nitrogen and oxygen atoms in total. The molecule has 1 aromatic heterocycles. The van der Waals surface area contributed by atoms with Gasteiger partial charge >= 0.3 is 0 Å². The van der Waals surface area contributed by atoms with Crippen LogP contribution in [0.2, 0.25) is 0 Å². The summed E-state index contributed by atoms with van der Waals surface area (Å²) < 4.78 is 7.59. The summed E-state index contributed by atoms with van der Waals surface area (Å²) in [7, 11) is 1.92. The number of aryl methyl sites for hydroxylation is 1. The number of aromatic nitrogens is 1. The van der Waals surface area contributed by atoms with Gasteiger partial charge in [0, 0.05) is 37.5 Å². The van der Waals surface area contributed by atoms with Crippen LogP contribution in [-0.4, -0.2) is 29.1 Å². The third-order valence-electron chi connectivity index (χ3n) is 5.69. The molecule has 1 atom stereocenters. The number of nitrogens with two attached hydrogens (primary N) is 1. The second-order valence-corrected chi connectivity index (χ2v) is 8.69. The van der Waals surface area contributed by atoms with Gasteiger partial charge in [-0.25, -0.2) is 0 Å². The maximum absolute atomic E-state index is 12.7. The van der Waals surface area contributed by atoms with E-state index in [1.165, 1.54) is 0 Å². The molecule has 1 amide bonds. The molecule has 2 aromatic rings. The van der Waals surface area contributed by atoms with Gasteiger partial charge in [0.1, 0.15) is 6.23 Å². The zero-order valence-corrected chi connectivity index (χ0v) is 16.7. The molecule has 1 saturated heterocycles. The molecule has 1 unspecified atom stereocenters. The van der Waals surface area contributed by atoms with Gasteiger partial charge in [-0.15, -0.1) is 0 Å². The van der Waals surface area contributed by atoms with Crippen molar-refractivity contribution in [3.63, 3.8) is 0 Å². The Hall–Kier alpha value is -2.60. The van der Waals surface area contributed by atoms with E-state index in [0.29, 0.717) is 24.3 Å². The van der Waals surface area contributed by atoms with Crippen LogP contribution >= 0.6 is 0 Å². The first kappa shape index (κ1) is 18.7. The Morgan fingerprint density at radius 2 is 2.11 bits per heavy atom. The Morgan fingerprint density at radius 3 is 2.79 bits per heavy atom. The van der Waals surface area contributed by atoms with Crippen molar-refractivity contribution in [2.75, 3.05) is 11.9 Å². The topological polar surface area (TPSA) is 86.3 Å². The largest absolute Gasteiger partial charge is 0.366 e. The summed E-state index contributed by atoms with van der Waals surface area (Å²) in [6, 6.07) is 5.61. The average molecular weight is 381 g/mol. The standard InChI is InChI=1S/C22H27N3O3/c1-22(2)10-15-16(12-25(3)20(15)18(26)11-22)13-6-7-14(21(23)27)17(9-13)24-19-5-4-8-28-19/h6-7,9,12,19,24H,4-5,8,10-11H2,1-3H3,(H2,23,27). The molecule has 4 rings (SSSR count). The molecule has 28 heavy (non-hydrogen) atoms. The normalized spacial score (nSPS) is 20.8. The Kier molecular flexibility index (Phi) is 4.54. The van der Waals surface area contributed by atoms with Crippen molar-refractivity contribution in [1.29, 1.82) is 0 Å². The molecule has 0 saturated carbocycles. The number of hydrogen-bond acceptors (Lipinski definition) is 4. The predicted molar refractivity (Wildman–Crippen MR) is 108 cm³/mol. The Balaban J connectivity index is 1.79. The fourth-order valence-corrected chi connectivity index (χ4v) is 4.44. The number of benzene rings is 1. The second kappa shape index (κ2) is 6.78. The van der Waals surface area contributed by atoms with E-state index in [0.717, 1.165) is 41.6 Å². The smallest absolute Gasteiger partial charge is 0.250 e. The van der Waals surface area contributed by atoms with Gasteiger partial charge in [-0.05, 0) is 47.9 Å². The van der Waals surface area contributed by atoms with Crippen LogP contribution in [-0.2, 0) is 18.2 Å². The fraction of sp³-hybridized carbons (Fsp3) is 0.455. The van der Waals surface area contributed by atoms with Crippen molar-refractivity contribution in [3.8, 4) is 11.1 Å². The van der Waals surface area contributed by atoms with E-state index in [2.05, 4.69) is 19.2 Å². The lowest BCUT2D eigenvalue weighted by Crippen LogP contribution is -2.27. The van der Waals surface area contributed by atoms with Crippen LogP contribution in [0.4, 0.5) is 5.69 Å². The minimum absolute atomic E-state index is 0.0634. The number of carbonyl (C=O) groups is 2. The molecule has 6 heteroatoms. The number of anilines is 1. The molecule has 1 aliphatic heterocycles. The minimum atomic E-state index is -0.474. The number of carbonyl (C=O) groups excluding carboxylic acids is 2. The van der Waals surface area contributed by atoms with Crippen LogP contribution in [0.5, 0.6) is 0 Å². The lowest BCUT2D eigenvalue weighted by atomic mass is 9.74. The summed E-state index contributed by atoms with van der Waals surface area (Å²) in [5.74, 6) is -0.287. The number of rotatable bonds is 4. The molecule has 1 fully saturated rings. The highest BCUT2D eigenvalue weighted by Gasteiger charge is 2.35. The second-order valence-electron chi connectivity index (χ2n) is 8.69. The number of nitrogens with one attached hydrogen (secondary N) is 1. The van der Waals surface area contributed by atoms with Crippen molar-refractivity contribution < 1.29 is 14.3 Å². The third-order valence-corrected chi connectivity index (χ3v) is 5.69. The van der Waals surface area contributed by atoms with Gasteiger partial charge < -0.3 is 20.4 Å². The SMILES string of the molecule is Cn1cc(-c2ccc(C(N)=O)c(NC3CCCO3)c2)c2c1C(=O)CC(C)(C)C2. The van der Waals surface area contributed by atoms with E-state index in [1.54, 1.807) is 6.07 Å². The van der Waals surface area contributed by atoms with Crippen LogP contribution in [0.15, 0.2) is 24.4 Å². The number of Topliss-reactive ketones (excluding diaryl/α,β-unsaturated/α-hetero) is 1. The number of ketones is 1. The molecule has 0 spiro atoms. The maximum Gasteiger partial charge on any atom is 0.250 e. The monoisotopic (exact) mass is 381 g/mol. The van der Waals surface area contributed by atoms with Crippen molar-refractivity contribution >= 4 is 17.4 Å². The Morgan fingerprint density at radius 1 is 1.32 bits per heavy atom. The molecule has 148 valence electrons. The van der Waals surface area contributed by atoms with Crippen LogP contribution in [0.1, 0.15) is 59.5 Å². The van der Waals surface area contributed by atoms with E-state index >= 15 is 0 Å². The quantitative estimate of drug-likeness (QED) is 0.849. The van der Waals surface area contributed by atoms with E-state index < -0.39 is 5.91 Å².